The van der Waals surface area contributed by atoms with Crippen LogP contribution in [0.25, 0.3) is 0 Å². The number of nitrogens with one attached hydrogen (secondary N) is 5. The standard InChI is InChI=1S/C59H102N5O28PS/c1-32(2)93(82,94)92-38-15-12-36(13-16-38)56(81)64-40(42(73)11-8-22-85-25-28-88-59-49(62-35(5)70)55(80)52(77)45(31-67)91-59)18-19-46(74)63-39(41(72)10-7-21-84-24-27-87-58-48(61-34(4)69)54(79)51(76)44(30-66)90-58)17-14-37(71)9-6-20-83-23-26-86-57-47(60-33(3)68)53(78)50(75)43(29-65)89-57/h32,36,38-40,43-45,47-55,57-59,65-67,75-80H,6-31H2,1-5H3,(H,60,68)(H,61,69)(H,62,70)(H,63,74)(H,64,81)(H,82,94). The van der Waals surface area contributed by atoms with Crippen LogP contribution >= 0.6 is 6.49 Å². The second-order valence-corrected chi connectivity index (χ2v) is 28.0. The molecule has 5 amide bonds. The van der Waals surface area contributed by atoms with Gasteiger partial charge in [0.1, 0.15) is 78.8 Å². The first-order chi connectivity index (χ1) is 44.6. The van der Waals surface area contributed by atoms with Gasteiger partial charge in [0.2, 0.25) is 29.5 Å². The largest absolute Gasteiger partial charge is 0.394 e. The molecule has 18 unspecified atom stereocenters. The Morgan fingerprint density at radius 1 is 0.489 bits per heavy atom. The van der Waals surface area contributed by atoms with Crippen molar-refractivity contribution in [3.63, 3.8) is 0 Å². The number of aliphatic hydroxyl groups is 9. The number of carbonyl (C=O) groups is 8. The van der Waals surface area contributed by atoms with Crippen molar-refractivity contribution < 1.29 is 136 Å². The van der Waals surface area contributed by atoms with Gasteiger partial charge in [0, 0.05) is 84.3 Å². The summed E-state index contributed by atoms with van der Waals surface area (Å²) in [7, 11) is 0. The zero-order valence-corrected chi connectivity index (χ0v) is 55.8. The van der Waals surface area contributed by atoms with E-state index in [-0.39, 0.29) is 141 Å². The van der Waals surface area contributed by atoms with Crippen molar-refractivity contribution in [1.82, 2.24) is 26.6 Å². The van der Waals surface area contributed by atoms with Crippen LogP contribution in [0, 0.1) is 5.92 Å². The highest BCUT2D eigenvalue weighted by Crippen LogP contribution is 2.50. The van der Waals surface area contributed by atoms with Crippen LogP contribution in [0.15, 0.2) is 0 Å². The monoisotopic (exact) mass is 1390 g/mol. The van der Waals surface area contributed by atoms with Crippen molar-refractivity contribution in [3.8, 4) is 0 Å². The number of amides is 5. The summed E-state index contributed by atoms with van der Waals surface area (Å²) in [5.41, 5.74) is -0.270. The molecule has 3 aliphatic heterocycles. The molecular weight excluding hydrogens is 1290 g/mol. The molecule has 4 rings (SSSR count). The molecule has 33 nitrogen and oxygen atoms in total. The molecule has 35 heteroatoms. The molecule has 1 saturated carbocycles. The maximum Gasteiger partial charge on any atom is 0.223 e. The van der Waals surface area contributed by atoms with Crippen molar-refractivity contribution in [3.05, 3.63) is 0 Å². The molecule has 0 radical (unpaired) electrons. The van der Waals surface area contributed by atoms with Crippen molar-refractivity contribution in [2.45, 2.75) is 240 Å². The predicted molar refractivity (Wildman–Crippen MR) is 330 cm³/mol. The SMILES string of the molecule is CC(=O)NC1C(OCCOCCCC(=O)CCC(NC(=O)CCC(NC(=O)C2CCC(OP(O)(=S)C(C)C)CC2)C(=O)CCCOCCOC2OC(CO)C(O)C(O)C2NC(C)=O)C(=O)CCCOCCOC2OC(CO)C(O)C(O)C2NC(C)=O)OC(CO)C(O)C1O. The van der Waals surface area contributed by atoms with Gasteiger partial charge < -0.3 is 125 Å². The lowest BCUT2D eigenvalue weighted by molar-refractivity contribution is -0.272. The van der Waals surface area contributed by atoms with Gasteiger partial charge in [-0.1, -0.05) is 13.8 Å². The number of rotatable bonds is 44. The fourth-order valence-corrected chi connectivity index (χ4v) is 12.1. The number of hydrogen-bond donors (Lipinski definition) is 15. The van der Waals surface area contributed by atoms with E-state index in [0.717, 1.165) is 0 Å². The van der Waals surface area contributed by atoms with Gasteiger partial charge in [-0.3, -0.25) is 38.4 Å². The third kappa shape index (κ3) is 27.8. The smallest absolute Gasteiger partial charge is 0.223 e. The van der Waals surface area contributed by atoms with Crippen LogP contribution in [-0.4, -0.2) is 293 Å². The van der Waals surface area contributed by atoms with Crippen LogP contribution in [0.1, 0.15) is 125 Å². The molecule has 0 bridgehead atoms. The minimum atomic E-state index is -3.07. The highest BCUT2D eigenvalue weighted by atomic mass is 32.5. The number of Topliss-reactive ketones (excluding diaryl/α,β-unsaturated/α-hetero) is 3. The molecule has 0 aromatic carbocycles. The third-order valence-electron chi connectivity index (χ3n) is 16.2. The van der Waals surface area contributed by atoms with Crippen molar-refractivity contribution in [2.24, 2.45) is 5.92 Å². The Morgan fingerprint density at radius 3 is 1.21 bits per heavy atom. The number of hydrogen-bond acceptors (Lipinski definition) is 28. The molecule has 15 N–H and O–H groups in total. The summed E-state index contributed by atoms with van der Waals surface area (Å²) >= 11 is 5.33. The highest BCUT2D eigenvalue weighted by molar-refractivity contribution is 8.09. The molecule has 94 heavy (non-hydrogen) atoms. The fraction of sp³-hybridized carbons (Fsp3) is 0.864. The Labute approximate surface area is 551 Å². The highest BCUT2D eigenvalue weighted by Gasteiger charge is 2.48. The third-order valence-corrected chi connectivity index (χ3v) is 19.7. The summed E-state index contributed by atoms with van der Waals surface area (Å²) in [6.45, 7) is 1.84. The van der Waals surface area contributed by atoms with E-state index in [4.69, 9.17) is 59.0 Å². The molecular formula is C59H102N5O28PS. The van der Waals surface area contributed by atoms with Crippen LogP contribution in [0.4, 0.5) is 0 Å². The molecule has 4 aliphatic rings. The quantitative estimate of drug-likeness (QED) is 0.0203. The summed E-state index contributed by atoms with van der Waals surface area (Å²) in [4.78, 5) is 115. The van der Waals surface area contributed by atoms with Crippen LogP contribution in [0.2, 0.25) is 0 Å². The number of ether oxygens (including phenoxy) is 9. The molecule has 1 aliphatic carbocycles. The summed E-state index contributed by atoms with van der Waals surface area (Å²) in [6, 6.07) is -5.84. The van der Waals surface area contributed by atoms with Crippen LogP contribution in [0.3, 0.4) is 0 Å². The average molecular weight is 1390 g/mol. The van der Waals surface area contributed by atoms with Crippen LogP contribution < -0.4 is 26.6 Å². The summed E-state index contributed by atoms with van der Waals surface area (Å²) in [6.07, 6.45) is -15.6. The van der Waals surface area contributed by atoms with Gasteiger partial charge in [0.15, 0.2) is 36.9 Å². The molecule has 0 aromatic rings. The Hall–Kier alpha value is -3.79. The van der Waals surface area contributed by atoms with E-state index in [1.165, 1.54) is 20.8 Å². The average Bonchev–Trinajstić information content (AvgIpc) is 0.828. The van der Waals surface area contributed by atoms with E-state index in [1.54, 1.807) is 13.8 Å². The predicted octanol–water partition coefficient (Wildman–Crippen LogP) is -4.22. The van der Waals surface area contributed by atoms with Gasteiger partial charge in [0.25, 0.3) is 0 Å². The minimum absolute atomic E-state index is 0.00840. The van der Waals surface area contributed by atoms with Gasteiger partial charge >= 0.3 is 0 Å². The zero-order chi connectivity index (χ0) is 69.7. The summed E-state index contributed by atoms with van der Waals surface area (Å²) in [5.74, 6) is -4.37. The maximum atomic E-state index is 14.0. The molecule has 0 aromatic heterocycles. The first-order valence-corrected chi connectivity index (χ1v) is 34.8. The first kappa shape index (κ1) is 82.6. The second kappa shape index (κ2) is 42.9. The lowest BCUT2D eigenvalue weighted by Crippen LogP contribution is -2.64. The van der Waals surface area contributed by atoms with Crippen molar-refractivity contribution >= 4 is 65.2 Å². The second-order valence-electron chi connectivity index (χ2n) is 24.0. The van der Waals surface area contributed by atoms with Gasteiger partial charge in [0.05, 0.1) is 77.6 Å². The zero-order valence-electron chi connectivity index (χ0n) is 54.1. The summed E-state index contributed by atoms with van der Waals surface area (Å²) < 4.78 is 56.5. The Kier molecular flexibility index (Phi) is 37.7. The van der Waals surface area contributed by atoms with Gasteiger partial charge in [-0.2, -0.15) is 0 Å². The lowest BCUT2D eigenvalue weighted by Gasteiger charge is -2.42. The molecule has 18 atom stereocenters. The van der Waals surface area contributed by atoms with Crippen molar-refractivity contribution in [2.75, 3.05) is 79.3 Å². The lowest BCUT2D eigenvalue weighted by atomic mass is 9.86. The fourth-order valence-electron chi connectivity index (χ4n) is 10.9. The van der Waals surface area contributed by atoms with E-state index in [9.17, 15) is 89.2 Å². The van der Waals surface area contributed by atoms with Crippen LogP contribution in [0.5, 0.6) is 0 Å². The number of carbonyl (C=O) groups excluding carboxylic acids is 8. The van der Waals surface area contributed by atoms with Gasteiger partial charge in [-0.25, -0.2) is 0 Å². The first-order valence-electron chi connectivity index (χ1n) is 32.1. The Bertz CT molecular complexity index is 2400. The van der Waals surface area contributed by atoms with Gasteiger partial charge in [-0.05, 0) is 69.6 Å². The van der Waals surface area contributed by atoms with E-state index >= 15 is 0 Å². The molecule has 542 valence electrons. The number of ketones is 3. The van der Waals surface area contributed by atoms with Crippen LogP contribution in [-0.2, 0) is 97.3 Å². The van der Waals surface area contributed by atoms with E-state index < -0.39 is 177 Å². The maximum absolute atomic E-state index is 14.0. The minimum Gasteiger partial charge on any atom is -0.394 e. The molecule has 3 heterocycles. The molecule has 4 fully saturated rings. The summed E-state index contributed by atoms with van der Waals surface area (Å²) in [5, 5.41) is 104. The number of aliphatic hydroxyl groups excluding tert-OH is 9. The van der Waals surface area contributed by atoms with E-state index in [2.05, 4.69) is 26.6 Å². The molecule has 0 spiro atoms. The van der Waals surface area contributed by atoms with E-state index in [0.29, 0.717) is 25.7 Å². The van der Waals surface area contributed by atoms with Gasteiger partial charge in [-0.15, -0.1) is 0 Å². The van der Waals surface area contributed by atoms with E-state index in [1.807, 2.05) is 0 Å². The topological polar surface area (TPSA) is 491 Å². The molecule has 3 saturated heterocycles. The Morgan fingerprint density at radius 2 is 0.851 bits per heavy atom. The normalized spacial score (nSPS) is 30.1. The Balaban J connectivity index is 1.37. The van der Waals surface area contributed by atoms with Crippen molar-refractivity contribution in [1.29, 1.82) is 0 Å².